The molecule has 0 saturated heterocycles. The van der Waals surface area contributed by atoms with Crippen molar-refractivity contribution < 1.29 is 23.9 Å². The molecule has 1 atom stereocenters. The molecule has 0 radical (unpaired) electrons. The van der Waals surface area contributed by atoms with Crippen LogP contribution < -0.4 is 16.0 Å². The second kappa shape index (κ2) is 13.1. The molecule has 4 aromatic rings. The van der Waals surface area contributed by atoms with Crippen LogP contribution >= 0.6 is 11.6 Å². The molecular formula is C27H24ClN7O5. The van der Waals surface area contributed by atoms with Crippen molar-refractivity contribution in [3.8, 4) is 5.69 Å². The summed E-state index contributed by atoms with van der Waals surface area (Å²) in [7, 11) is 1.24. The van der Waals surface area contributed by atoms with E-state index in [1.165, 1.54) is 48.5 Å². The van der Waals surface area contributed by atoms with E-state index in [0.717, 1.165) is 5.56 Å². The summed E-state index contributed by atoms with van der Waals surface area (Å²) >= 11 is 6.11. The highest BCUT2D eigenvalue weighted by molar-refractivity contribution is 6.31. The van der Waals surface area contributed by atoms with Crippen molar-refractivity contribution in [2.75, 3.05) is 19.0 Å². The predicted octanol–water partition coefficient (Wildman–Crippen LogP) is 2.83. The lowest BCUT2D eigenvalue weighted by molar-refractivity contribution is -0.122. The lowest BCUT2D eigenvalue weighted by Gasteiger charge is -2.19. The monoisotopic (exact) mass is 561 g/mol. The number of nitrogens with one attached hydrogen (secondary N) is 3. The third-order valence-electron chi connectivity index (χ3n) is 5.76. The molecule has 0 spiro atoms. The molecule has 1 aromatic heterocycles. The van der Waals surface area contributed by atoms with E-state index in [2.05, 4.69) is 36.2 Å². The minimum atomic E-state index is -0.992. The SMILES string of the molecule is COC(=O)Nc1ccc(C(=O)NC(Cc2ccccc2)C(=O)NCC(=O)c2cc(Cl)ccc2-n2cnnn2)cc1. The summed E-state index contributed by atoms with van der Waals surface area (Å²) in [6.07, 6.45) is 0.873. The first-order chi connectivity index (χ1) is 19.3. The lowest BCUT2D eigenvalue weighted by atomic mass is 10.0. The van der Waals surface area contributed by atoms with E-state index in [-0.39, 0.29) is 24.1 Å². The maximum absolute atomic E-state index is 13.2. The fourth-order valence-electron chi connectivity index (χ4n) is 3.76. The van der Waals surface area contributed by atoms with Gasteiger partial charge in [0, 0.05) is 28.3 Å². The van der Waals surface area contributed by atoms with Crippen LogP contribution in [0.2, 0.25) is 5.02 Å². The molecule has 0 fully saturated rings. The van der Waals surface area contributed by atoms with Gasteiger partial charge in [-0.05, 0) is 58.5 Å². The summed E-state index contributed by atoms with van der Waals surface area (Å²) in [5, 5.41) is 19.2. The minimum absolute atomic E-state index is 0.182. The van der Waals surface area contributed by atoms with Gasteiger partial charge in [-0.25, -0.2) is 4.79 Å². The number of Topliss-reactive ketones (excluding diaryl/α,β-unsaturated/α-hetero) is 1. The highest BCUT2D eigenvalue weighted by Gasteiger charge is 2.24. The number of nitrogens with zero attached hydrogens (tertiary/aromatic N) is 4. The van der Waals surface area contributed by atoms with Crippen LogP contribution in [0.1, 0.15) is 26.3 Å². The van der Waals surface area contributed by atoms with E-state index in [1.54, 1.807) is 12.1 Å². The van der Waals surface area contributed by atoms with Crippen LogP contribution in [-0.2, 0) is 16.0 Å². The molecule has 0 bridgehead atoms. The van der Waals surface area contributed by atoms with Gasteiger partial charge in [0.15, 0.2) is 5.78 Å². The Balaban J connectivity index is 1.47. The number of carbonyl (C=O) groups excluding carboxylic acids is 4. The number of methoxy groups -OCH3 is 1. The maximum atomic E-state index is 13.2. The molecule has 3 amide bonds. The molecular weight excluding hydrogens is 538 g/mol. The van der Waals surface area contributed by atoms with Crippen molar-refractivity contribution >= 4 is 41.0 Å². The summed E-state index contributed by atoms with van der Waals surface area (Å²) in [6.45, 7) is -0.358. The van der Waals surface area contributed by atoms with E-state index >= 15 is 0 Å². The molecule has 13 heteroatoms. The highest BCUT2D eigenvalue weighted by atomic mass is 35.5. The smallest absolute Gasteiger partial charge is 0.411 e. The number of ether oxygens (including phenoxy) is 1. The summed E-state index contributed by atoms with van der Waals surface area (Å²) < 4.78 is 5.87. The van der Waals surface area contributed by atoms with Gasteiger partial charge in [-0.3, -0.25) is 19.7 Å². The van der Waals surface area contributed by atoms with Gasteiger partial charge in [-0.2, -0.15) is 4.68 Å². The Morgan fingerprint density at radius 1 is 1.00 bits per heavy atom. The number of tetrazole rings is 1. The van der Waals surface area contributed by atoms with E-state index in [9.17, 15) is 19.2 Å². The Hall–Kier alpha value is -5.10. The third kappa shape index (κ3) is 7.26. The summed E-state index contributed by atoms with van der Waals surface area (Å²) in [5.41, 5.74) is 2.12. The number of benzene rings is 3. The van der Waals surface area contributed by atoms with Crippen LogP contribution in [0.3, 0.4) is 0 Å². The minimum Gasteiger partial charge on any atom is -0.453 e. The molecule has 0 aliphatic rings. The number of carbonyl (C=O) groups is 4. The first-order valence-electron chi connectivity index (χ1n) is 12.0. The zero-order valence-corrected chi connectivity index (χ0v) is 22.0. The Bertz CT molecular complexity index is 1500. The topological polar surface area (TPSA) is 157 Å². The van der Waals surface area contributed by atoms with Gasteiger partial charge in [0.1, 0.15) is 12.4 Å². The van der Waals surface area contributed by atoms with Crippen molar-refractivity contribution in [2.45, 2.75) is 12.5 Å². The summed E-state index contributed by atoms with van der Waals surface area (Å²) in [6, 6.07) is 18.9. The van der Waals surface area contributed by atoms with E-state index < -0.39 is 29.7 Å². The average molecular weight is 562 g/mol. The number of anilines is 1. The molecule has 0 saturated carbocycles. The zero-order chi connectivity index (χ0) is 28.5. The number of amides is 3. The maximum Gasteiger partial charge on any atom is 0.411 e. The fraction of sp³-hybridized carbons (Fsp3) is 0.148. The quantitative estimate of drug-likeness (QED) is 0.249. The molecule has 3 aromatic carbocycles. The van der Waals surface area contributed by atoms with Crippen molar-refractivity contribution in [2.24, 2.45) is 0 Å². The van der Waals surface area contributed by atoms with Crippen molar-refractivity contribution in [3.05, 3.63) is 101 Å². The van der Waals surface area contributed by atoms with Crippen LogP contribution in [0.25, 0.3) is 5.69 Å². The number of halogens is 1. The predicted molar refractivity (Wildman–Crippen MR) is 145 cm³/mol. The van der Waals surface area contributed by atoms with Crippen molar-refractivity contribution in [1.82, 2.24) is 30.8 Å². The Morgan fingerprint density at radius 3 is 2.42 bits per heavy atom. The van der Waals surface area contributed by atoms with Crippen molar-refractivity contribution in [1.29, 1.82) is 0 Å². The molecule has 204 valence electrons. The summed E-state index contributed by atoms with van der Waals surface area (Å²) in [5.74, 6) is -1.50. The van der Waals surface area contributed by atoms with E-state index in [1.807, 2.05) is 30.3 Å². The van der Waals surface area contributed by atoms with Gasteiger partial charge in [0.2, 0.25) is 5.91 Å². The number of ketones is 1. The van der Waals surface area contributed by atoms with Gasteiger partial charge in [0.25, 0.3) is 5.91 Å². The molecule has 3 N–H and O–H groups in total. The Kier molecular flexibility index (Phi) is 9.15. The Morgan fingerprint density at radius 2 is 1.75 bits per heavy atom. The lowest BCUT2D eigenvalue weighted by Crippen LogP contribution is -2.49. The van der Waals surface area contributed by atoms with Gasteiger partial charge in [-0.1, -0.05) is 41.9 Å². The van der Waals surface area contributed by atoms with Gasteiger partial charge in [-0.15, -0.1) is 5.10 Å². The molecule has 4 rings (SSSR count). The number of rotatable bonds is 10. The first kappa shape index (κ1) is 27.9. The average Bonchev–Trinajstić information content (AvgIpc) is 3.51. The van der Waals surface area contributed by atoms with Crippen LogP contribution in [0.5, 0.6) is 0 Å². The summed E-state index contributed by atoms with van der Waals surface area (Å²) in [4.78, 5) is 50.7. The van der Waals surface area contributed by atoms with Crippen molar-refractivity contribution in [3.63, 3.8) is 0 Å². The zero-order valence-electron chi connectivity index (χ0n) is 21.2. The third-order valence-corrected chi connectivity index (χ3v) is 6.00. The van der Waals surface area contributed by atoms with Crippen LogP contribution in [0, 0.1) is 0 Å². The first-order valence-corrected chi connectivity index (χ1v) is 12.4. The number of hydrogen-bond acceptors (Lipinski definition) is 8. The van der Waals surface area contributed by atoms with Crippen LogP contribution in [0.4, 0.5) is 10.5 Å². The molecule has 40 heavy (non-hydrogen) atoms. The number of hydrogen-bond donors (Lipinski definition) is 3. The van der Waals surface area contributed by atoms with Gasteiger partial charge in [0.05, 0.1) is 19.3 Å². The normalized spacial score (nSPS) is 11.2. The molecule has 1 unspecified atom stereocenters. The molecule has 12 nitrogen and oxygen atoms in total. The van der Waals surface area contributed by atoms with E-state index in [0.29, 0.717) is 16.4 Å². The molecule has 1 heterocycles. The van der Waals surface area contributed by atoms with Crippen LogP contribution in [0.15, 0.2) is 79.1 Å². The van der Waals surface area contributed by atoms with E-state index in [4.69, 9.17) is 11.6 Å². The van der Waals surface area contributed by atoms with Crippen LogP contribution in [-0.4, -0.2) is 63.6 Å². The largest absolute Gasteiger partial charge is 0.453 e. The standard InChI is InChI=1S/C27H24ClN7O5/c1-40-27(39)31-20-10-7-18(8-11-20)25(37)32-22(13-17-5-3-2-4-6-17)26(38)29-15-24(36)21-14-19(28)9-12-23(21)35-16-30-33-34-35/h2-12,14,16,22H,13,15H2,1H3,(H,29,38)(H,31,39)(H,32,37). The molecule has 0 aliphatic heterocycles. The molecule has 0 aliphatic carbocycles. The fourth-order valence-corrected chi connectivity index (χ4v) is 3.94. The second-order valence-corrected chi connectivity index (χ2v) is 8.90. The highest BCUT2D eigenvalue weighted by Crippen LogP contribution is 2.19. The van der Waals surface area contributed by atoms with Gasteiger partial charge >= 0.3 is 6.09 Å². The Labute approximate surface area is 233 Å². The second-order valence-electron chi connectivity index (χ2n) is 8.47. The number of aromatic nitrogens is 4. The van der Waals surface area contributed by atoms with Gasteiger partial charge < -0.3 is 15.4 Å².